The number of aryl methyl sites for hydroxylation is 2. The van der Waals surface area contributed by atoms with Gasteiger partial charge in [-0.2, -0.15) is 0 Å². The predicted octanol–water partition coefficient (Wildman–Crippen LogP) is 6.94. The van der Waals surface area contributed by atoms with Crippen molar-refractivity contribution in [3.63, 3.8) is 0 Å². The van der Waals surface area contributed by atoms with Crippen LogP contribution in [0.2, 0.25) is 0 Å². The Morgan fingerprint density at radius 1 is 0.850 bits per heavy atom. The molecule has 0 aromatic heterocycles. The van der Waals surface area contributed by atoms with Gasteiger partial charge in [0.2, 0.25) is 0 Å². The van der Waals surface area contributed by atoms with Gasteiger partial charge in [0.05, 0.1) is 0 Å². The monoisotopic (exact) mass is 274 g/mol. The summed E-state index contributed by atoms with van der Waals surface area (Å²) in [7, 11) is 0. The summed E-state index contributed by atoms with van der Waals surface area (Å²) in [4.78, 5) is 0. The first-order valence-electron chi connectivity index (χ1n) is 8.72. The number of benzene rings is 1. The van der Waals surface area contributed by atoms with E-state index in [9.17, 15) is 0 Å². The van der Waals surface area contributed by atoms with Gasteiger partial charge in [-0.05, 0) is 37.3 Å². The molecule has 0 fully saturated rings. The van der Waals surface area contributed by atoms with Crippen molar-refractivity contribution in [1.29, 1.82) is 0 Å². The molecule has 0 saturated carbocycles. The van der Waals surface area contributed by atoms with Crippen LogP contribution in [0.4, 0.5) is 0 Å². The molecule has 1 aromatic carbocycles. The highest BCUT2D eigenvalue weighted by atomic mass is 14.1. The molecule has 1 aromatic rings. The van der Waals surface area contributed by atoms with E-state index in [1.807, 2.05) is 0 Å². The van der Waals surface area contributed by atoms with Crippen molar-refractivity contribution in [1.82, 2.24) is 0 Å². The third kappa shape index (κ3) is 6.59. The van der Waals surface area contributed by atoms with Gasteiger partial charge in [-0.25, -0.2) is 0 Å². The van der Waals surface area contributed by atoms with Crippen LogP contribution in [0, 0.1) is 13.8 Å². The summed E-state index contributed by atoms with van der Waals surface area (Å²) in [6.45, 7) is 9.13. The number of hydrogen-bond acceptors (Lipinski definition) is 0. The van der Waals surface area contributed by atoms with Crippen molar-refractivity contribution in [3.8, 4) is 0 Å². The maximum Gasteiger partial charge on any atom is -0.0188 e. The average Bonchev–Trinajstić information content (AvgIpc) is 2.44. The molecule has 0 saturated heterocycles. The third-order valence-corrected chi connectivity index (χ3v) is 4.46. The SMILES string of the molecule is CCCCCCCCCCC(C)c1cc(C)ccc1C. The summed E-state index contributed by atoms with van der Waals surface area (Å²) in [6, 6.07) is 6.88. The van der Waals surface area contributed by atoms with Gasteiger partial charge in [0.25, 0.3) is 0 Å². The first kappa shape index (κ1) is 17.3. The topological polar surface area (TPSA) is 0 Å². The van der Waals surface area contributed by atoms with E-state index in [2.05, 4.69) is 45.9 Å². The molecular formula is C20H34. The van der Waals surface area contributed by atoms with Crippen molar-refractivity contribution in [3.05, 3.63) is 34.9 Å². The summed E-state index contributed by atoms with van der Waals surface area (Å²) in [6.07, 6.45) is 12.7. The number of rotatable bonds is 10. The molecule has 1 rings (SSSR count). The fourth-order valence-corrected chi connectivity index (χ4v) is 3.03. The molecule has 0 spiro atoms. The lowest BCUT2D eigenvalue weighted by molar-refractivity contribution is 0.543. The lowest BCUT2D eigenvalue weighted by atomic mass is 9.90. The minimum absolute atomic E-state index is 0.718. The zero-order valence-corrected chi connectivity index (χ0v) is 14.2. The van der Waals surface area contributed by atoms with Crippen LogP contribution in [0.25, 0.3) is 0 Å². The molecule has 0 aliphatic carbocycles. The predicted molar refractivity (Wildman–Crippen MR) is 91.6 cm³/mol. The van der Waals surface area contributed by atoms with Gasteiger partial charge in [0, 0.05) is 0 Å². The van der Waals surface area contributed by atoms with E-state index in [0.29, 0.717) is 0 Å². The minimum atomic E-state index is 0.718. The molecule has 1 unspecified atom stereocenters. The van der Waals surface area contributed by atoms with Crippen LogP contribution in [0.15, 0.2) is 18.2 Å². The highest BCUT2D eigenvalue weighted by molar-refractivity contribution is 5.32. The van der Waals surface area contributed by atoms with E-state index in [1.165, 1.54) is 68.9 Å². The van der Waals surface area contributed by atoms with E-state index in [1.54, 1.807) is 5.56 Å². The van der Waals surface area contributed by atoms with E-state index in [0.717, 1.165) is 5.92 Å². The highest BCUT2D eigenvalue weighted by Gasteiger charge is 2.08. The van der Waals surface area contributed by atoms with E-state index < -0.39 is 0 Å². The quantitative estimate of drug-likeness (QED) is 0.405. The summed E-state index contributed by atoms with van der Waals surface area (Å²) in [5.41, 5.74) is 4.42. The van der Waals surface area contributed by atoms with Crippen molar-refractivity contribution < 1.29 is 0 Å². The Morgan fingerprint density at radius 3 is 2.10 bits per heavy atom. The molecular weight excluding hydrogens is 240 g/mol. The maximum atomic E-state index is 2.39. The van der Waals surface area contributed by atoms with Crippen LogP contribution in [0.1, 0.15) is 94.2 Å². The van der Waals surface area contributed by atoms with Crippen LogP contribution in [0.3, 0.4) is 0 Å². The van der Waals surface area contributed by atoms with Gasteiger partial charge in [0.15, 0.2) is 0 Å². The van der Waals surface area contributed by atoms with Gasteiger partial charge in [-0.15, -0.1) is 0 Å². The van der Waals surface area contributed by atoms with E-state index in [4.69, 9.17) is 0 Å². The number of unbranched alkanes of at least 4 members (excludes halogenated alkanes) is 7. The lowest BCUT2D eigenvalue weighted by Crippen LogP contribution is -1.97. The molecule has 0 amide bonds. The van der Waals surface area contributed by atoms with Crippen LogP contribution in [-0.2, 0) is 0 Å². The van der Waals surface area contributed by atoms with Gasteiger partial charge in [-0.3, -0.25) is 0 Å². The Morgan fingerprint density at radius 2 is 1.45 bits per heavy atom. The van der Waals surface area contributed by atoms with Gasteiger partial charge < -0.3 is 0 Å². The van der Waals surface area contributed by atoms with Gasteiger partial charge >= 0.3 is 0 Å². The summed E-state index contributed by atoms with van der Waals surface area (Å²) >= 11 is 0. The molecule has 0 bridgehead atoms. The molecule has 0 heteroatoms. The molecule has 1 atom stereocenters. The molecule has 0 N–H and O–H groups in total. The standard InChI is InChI=1S/C20H34/c1-5-6-7-8-9-10-11-12-13-18(3)20-16-17(2)14-15-19(20)4/h14-16,18H,5-13H2,1-4H3. The van der Waals surface area contributed by atoms with E-state index >= 15 is 0 Å². The normalized spacial score (nSPS) is 12.6. The number of hydrogen-bond donors (Lipinski definition) is 0. The second-order valence-electron chi connectivity index (χ2n) is 6.52. The first-order chi connectivity index (χ1) is 9.65. The maximum absolute atomic E-state index is 2.39. The van der Waals surface area contributed by atoms with Crippen LogP contribution in [0.5, 0.6) is 0 Å². The van der Waals surface area contributed by atoms with Crippen molar-refractivity contribution in [2.75, 3.05) is 0 Å². The zero-order valence-electron chi connectivity index (χ0n) is 14.2. The molecule has 20 heavy (non-hydrogen) atoms. The fraction of sp³-hybridized carbons (Fsp3) is 0.700. The van der Waals surface area contributed by atoms with Crippen molar-refractivity contribution in [2.24, 2.45) is 0 Å². The summed E-state index contributed by atoms with van der Waals surface area (Å²) in [5, 5.41) is 0. The second-order valence-corrected chi connectivity index (χ2v) is 6.52. The molecule has 0 nitrogen and oxygen atoms in total. The van der Waals surface area contributed by atoms with E-state index in [-0.39, 0.29) is 0 Å². The Kier molecular flexibility index (Phi) is 8.65. The second kappa shape index (κ2) is 10.0. The van der Waals surface area contributed by atoms with Crippen molar-refractivity contribution >= 4 is 0 Å². The Bertz CT molecular complexity index is 364. The molecule has 0 aliphatic rings. The molecule has 0 aliphatic heterocycles. The van der Waals surface area contributed by atoms with Crippen LogP contribution >= 0.6 is 0 Å². The Labute approximate surface area is 127 Å². The average molecular weight is 274 g/mol. The van der Waals surface area contributed by atoms with Crippen molar-refractivity contribution in [2.45, 2.75) is 91.4 Å². The summed E-state index contributed by atoms with van der Waals surface area (Å²) in [5.74, 6) is 0.718. The smallest absolute Gasteiger partial charge is 0.0188 e. The molecule has 0 radical (unpaired) electrons. The lowest BCUT2D eigenvalue weighted by Gasteiger charge is -2.15. The Hall–Kier alpha value is -0.780. The zero-order chi connectivity index (χ0) is 14.8. The third-order valence-electron chi connectivity index (χ3n) is 4.46. The van der Waals surface area contributed by atoms with Gasteiger partial charge in [0.1, 0.15) is 0 Å². The summed E-state index contributed by atoms with van der Waals surface area (Å²) < 4.78 is 0. The Balaban J connectivity index is 2.17. The van der Waals surface area contributed by atoms with Gasteiger partial charge in [-0.1, -0.05) is 89.0 Å². The fourth-order valence-electron chi connectivity index (χ4n) is 3.03. The first-order valence-corrected chi connectivity index (χ1v) is 8.72. The minimum Gasteiger partial charge on any atom is -0.0654 e. The van der Waals surface area contributed by atoms with Crippen LogP contribution in [-0.4, -0.2) is 0 Å². The molecule has 114 valence electrons. The highest BCUT2D eigenvalue weighted by Crippen LogP contribution is 2.26. The largest absolute Gasteiger partial charge is 0.0654 e. The molecule has 0 heterocycles. The van der Waals surface area contributed by atoms with Crippen LogP contribution < -0.4 is 0 Å².